The fourth-order valence-electron chi connectivity index (χ4n) is 1.94. The van der Waals surface area contributed by atoms with Gasteiger partial charge in [0, 0.05) is 6.54 Å². The van der Waals surface area contributed by atoms with Gasteiger partial charge in [-0.25, -0.2) is 15.8 Å². The van der Waals surface area contributed by atoms with Gasteiger partial charge in [-0.1, -0.05) is 20.3 Å². The van der Waals surface area contributed by atoms with Gasteiger partial charge in [0.15, 0.2) is 5.75 Å². The van der Waals surface area contributed by atoms with E-state index in [0.717, 1.165) is 31.4 Å². The lowest BCUT2D eigenvalue weighted by Gasteiger charge is -2.11. The van der Waals surface area contributed by atoms with Crippen LogP contribution in [0.4, 0.5) is 5.82 Å². The smallest absolute Gasteiger partial charge is 0.227 e. The lowest BCUT2D eigenvalue weighted by atomic mass is 10.2. The highest BCUT2D eigenvalue weighted by atomic mass is 16.5. The molecule has 108 valence electrons. The van der Waals surface area contributed by atoms with E-state index in [0.29, 0.717) is 17.4 Å². The van der Waals surface area contributed by atoms with E-state index in [9.17, 15) is 0 Å². The lowest BCUT2D eigenvalue weighted by Crippen LogP contribution is -2.12. The van der Waals surface area contributed by atoms with Crippen LogP contribution in [-0.2, 0) is 13.0 Å². The average molecular weight is 276 g/mol. The van der Waals surface area contributed by atoms with Crippen LogP contribution in [-0.4, -0.2) is 19.7 Å². The third kappa shape index (κ3) is 3.24. The van der Waals surface area contributed by atoms with Gasteiger partial charge < -0.3 is 10.2 Å². The molecule has 7 heteroatoms. The Bertz CT molecular complexity index is 554. The van der Waals surface area contributed by atoms with Crippen molar-refractivity contribution in [3.05, 3.63) is 24.3 Å². The second-order valence-electron chi connectivity index (χ2n) is 4.44. The summed E-state index contributed by atoms with van der Waals surface area (Å²) in [6.07, 6.45) is 7.74. The van der Waals surface area contributed by atoms with Gasteiger partial charge in [-0.05, 0) is 12.8 Å². The Morgan fingerprint density at radius 1 is 1.30 bits per heavy atom. The van der Waals surface area contributed by atoms with E-state index in [1.54, 1.807) is 6.20 Å². The Morgan fingerprint density at radius 2 is 2.15 bits per heavy atom. The van der Waals surface area contributed by atoms with Crippen molar-refractivity contribution in [2.24, 2.45) is 5.84 Å². The molecule has 0 aromatic carbocycles. The van der Waals surface area contributed by atoms with E-state index < -0.39 is 0 Å². The van der Waals surface area contributed by atoms with Gasteiger partial charge in [-0.3, -0.25) is 4.68 Å². The van der Waals surface area contributed by atoms with Crippen molar-refractivity contribution in [1.29, 1.82) is 0 Å². The van der Waals surface area contributed by atoms with Crippen molar-refractivity contribution in [1.82, 2.24) is 19.7 Å². The number of aryl methyl sites for hydroxylation is 1. The molecule has 2 rings (SSSR count). The molecule has 0 bridgehead atoms. The predicted molar refractivity (Wildman–Crippen MR) is 76.4 cm³/mol. The topological polar surface area (TPSA) is 90.9 Å². The Labute approximate surface area is 118 Å². The SMILES string of the molecule is CCCc1c(NN)ncnc1Oc1cnn(CCC)c1. The first-order chi connectivity index (χ1) is 9.78. The minimum absolute atomic E-state index is 0.519. The highest BCUT2D eigenvalue weighted by molar-refractivity contribution is 5.48. The summed E-state index contributed by atoms with van der Waals surface area (Å²) in [7, 11) is 0. The number of hydrogen-bond acceptors (Lipinski definition) is 6. The molecule has 0 spiro atoms. The monoisotopic (exact) mass is 276 g/mol. The van der Waals surface area contributed by atoms with Crippen molar-refractivity contribution in [3.63, 3.8) is 0 Å². The first-order valence-electron chi connectivity index (χ1n) is 6.79. The molecule has 7 nitrogen and oxygen atoms in total. The number of nitrogens with two attached hydrogens (primary N) is 1. The largest absolute Gasteiger partial charge is 0.435 e. The molecule has 0 saturated heterocycles. The molecule has 0 aliphatic carbocycles. The minimum atomic E-state index is 0.519. The lowest BCUT2D eigenvalue weighted by molar-refractivity contribution is 0.453. The van der Waals surface area contributed by atoms with Gasteiger partial charge >= 0.3 is 0 Å². The Morgan fingerprint density at radius 3 is 2.85 bits per heavy atom. The van der Waals surface area contributed by atoms with Crippen LogP contribution in [0.25, 0.3) is 0 Å². The zero-order chi connectivity index (χ0) is 14.4. The summed E-state index contributed by atoms with van der Waals surface area (Å²) >= 11 is 0. The number of hydrogen-bond donors (Lipinski definition) is 2. The van der Waals surface area contributed by atoms with E-state index in [2.05, 4.69) is 34.3 Å². The molecule has 0 aliphatic rings. The summed E-state index contributed by atoms with van der Waals surface area (Å²) in [5.74, 6) is 7.25. The van der Waals surface area contributed by atoms with Crippen LogP contribution in [0.15, 0.2) is 18.7 Å². The number of aromatic nitrogens is 4. The fourth-order valence-corrected chi connectivity index (χ4v) is 1.94. The van der Waals surface area contributed by atoms with Crippen LogP contribution < -0.4 is 16.0 Å². The molecule has 0 aliphatic heterocycles. The molecule has 2 aromatic heterocycles. The van der Waals surface area contributed by atoms with Crippen LogP contribution in [0.2, 0.25) is 0 Å². The molecule has 0 amide bonds. The second-order valence-corrected chi connectivity index (χ2v) is 4.44. The molecule has 0 fully saturated rings. The molecule has 2 aromatic rings. The summed E-state index contributed by atoms with van der Waals surface area (Å²) in [5.41, 5.74) is 3.46. The quantitative estimate of drug-likeness (QED) is 0.594. The molecule has 0 atom stereocenters. The van der Waals surface area contributed by atoms with Crippen molar-refractivity contribution < 1.29 is 4.74 Å². The van der Waals surface area contributed by atoms with E-state index >= 15 is 0 Å². The highest BCUT2D eigenvalue weighted by Gasteiger charge is 2.13. The Hall–Kier alpha value is -2.15. The van der Waals surface area contributed by atoms with Crippen LogP contribution in [0.3, 0.4) is 0 Å². The summed E-state index contributed by atoms with van der Waals surface area (Å²) in [5, 5.41) is 4.23. The first kappa shape index (κ1) is 14.3. The molecular weight excluding hydrogens is 256 g/mol. The van der Waals surface area contributed by atoms with Crippen LogP contribution in [0, 0.1) is 0 Å². The van der Waals surface area contributed by atoms with Crippen molar-refractivity contribution in [2.75, 3.05) is 5.43 Å². The number of ether oxygens (including phenoxy) is 1. The number of nitrogens with zero attached hydrogens (tertiary/aromatic N) is 4. The molecule has 0 saturated carbocycles. The molecule has 2 heterocycles. The number of anilines is 1. The molecule has 0 radical (unpaired) electrons. The summed E-state index contributed by atoms with van der Waals surface area (Å²) in [6, 6.07) is 0. The first-order valence-corrected chi connectivity index (χ1v) is 6.79. The Kier molecular flexibility index (Phi) is 4.89. The average Bonchev–Trinajstić information content (AvgIpc) is 2.89. The molecular formula is C13H20N6O. The zero-order valence-electron chi connectivity index (χ0n) is 11.8. The maximum atomic E-state index is 5.80. The predicted octanol–water partition coefficient (Wildman–Crippen LogP) is 2.11. The van der Waals surface area contributed by atoms with Crippen LogP contribution in [0.5, 0.6) is 11.6 Å². The van der Waals surface area contributed by atoms with Crippen molar-refractivity contribution in [3.8, 4) is 11.6 Å². The zero-order valence-corrected chi connectivity index (χ0v) is 11.8. The van der Waals surface area contributed by atoms with E-state index in [1.807, 2.05) is 10.9 Å². The maximum Gasteiger partial charge on any atom is 0.227 e. The normalized spacial score (nSPS) is 10.6. The number of rotatable bonds is 7. The Balaban J connectivity index is 2.22. The summed E-state index contributed by atoms with van der Waals surface area (Å²) < 4.78 is 7.65. The van der Waals surface area contributed by atoms with E-state index in [4.69, 9.17) is 10.6 Å². The van der Waals surface area contributed by atoms with Crippen molar-refractivity contribution in [2.45, 2.75) is 39.7 Å². The van der Waals surface area contributed by atoms with Gasteiger partial charge in [0.2, 0.25) is 5.88 Å². The van der Waals surface area contributed by atoms with Crippen LogP contribution >= 0.6 is 0 Å². The van der Waals surface area contributed by atoms with Gasteiger partial charge in [-0.15, -0.1) is 0 Å². The van der Waals surface area contributed by atoms with Gasteiger partial charge in [-0.2, -0.15) is 5.10 Å². The van der Waals surface area contributed by atoms with Gasteiger partial charge in [0.05, 0.1) is 18.0 Å². The highest BCUT2D eigenvalue weighted by Crippen LogP contribution is 2.27. The standard InChI is InChI=1S/C13H20N6O/c1-3-5-11-12(18-14)15-9-16-13(11)20-10-7-17-19(8-10)6-4-2/h7-9H,3-6,14H2,1-2H3,(H,15,16,18). The number of nitrogen functional groups attached to an aromatic ring is 1. The molecule has 20 heavy (non-hydrogen) atoms. The fraction of sp³-hybridized carbons (Fsp3) is 0.462. The van der Waals surface area contributed by atoms with Gasteiger partial charge in [0.1, 0.15) is 12.1 Å². The third-order valence-electron chi connectivity index (χ3n) is 2.82. The minimum Gasteiger partial charge on any atom is -0.435 e. The van der Waals surface area contributed by atoms with E-state index in [1.165, 1.54) is 6.33 Å². The second kappa shape index (κ2) is 6.85. The van der Waals surface area contributed by atoms with Gasteiger partial charge in [0.25, 0.3) is 0 Å². The number of nitrogens with one attached hydrogen (secondary N) is 1. The van der Waals surface area contributed by atoms with Crippen LogP contribution in [0.1, 0.15) is 32.3 Å². The summed E-state index contributed by atoms with van der Waals surface area (Å²) in [6.45, 7) is 5.05. The summed E-state index contributed by atoms with van der Waals surface area (Å²) in [4.78, 5) is 8.30. The maximum absolute atomic E-state index is 5.80. The number of hydrazine groups is 1. The molecule has 3 N–H and O–H groups in total. The van der Waals surface area contributed by atoms with E-state index in [-0.39, 0.29) is 0 Å². The molecule has 0 unspecified atom stereocenters. The third-order valence-corrected chi connectivity index (χ3v) is 2.82. The van der Waals surface area contributed by atoms with Crippen molar-refractivity contribution >= 4 is 5.82 Å².